The average molecular weight is 262 g/mol. The van der Waals surface area contributed by atoms with Gasteiger partial charge in [0, 0.05) is 6.54 Å². The largest absolute Gasteiger partial charge is 0.444 e. The van der Waals surface area contributed by atoms with E-state index in [0.717, 1.165) is 6.54 Å². The van der Waals surface area contributed by atoms with Crippen LogP contribution >= 0.6 is 0 Å². The van der Waals surface area contributed by atoms with Crippen LogP contribution in [-0.2, 0) is 11.3 Å². The Balaban J connectivity index is 2.21. The fourth-order valence-corrected chi connectivity index (χ4v) is 2.39. The number of amides is 1. The zero-order chi connectivity index (χ0) is 14.0. The van der Waals surface area contributed by atoms with Gasteiger partial charge < -0.3 is 10.1 Å². The average Bonchev–Trinajstić information content (AvgIpc) is 2.67. The monoisotopic (exact) mass is 262 g/mol. The van der Waals surface area contributed by atoms with E-state index in [9.17, 15) is 4.79 Å². The van der Waals surface area contributed by atoms with Crippen molar-refractivity contribution in [3.8, 4) is 0 Å². The SMILES string of the molecule is CNCC1c2ccccc2CN1C(=O)OC(C)(C)C. The summed E-state index contributed by atoms with van der Waals surface area (Å²) in [4.78, 5) is 14.1. The molecule has 1 N–H and O–H groups in total. The predicted molar refractivity (Wildman–Crippen MR) is 74.9 cm³/mol. The third-order valence-electron chi connectivity index (χ3n) is 3.16. The van der Waals surface area contributed by atoms with Crippen LogP contribution in [0, 0.1) is 0 Å². The van der Waals surface area contributed by atoms with Gasteiger partial charge in [-0.1, -0.05) is 24.3 Å². The summed E-state index contributed by atoms with van der Waals surface area (Å²) in [6.07, 6.45) is -0.246. The number of fused-ring (bicyclic) bond motifs is 1. The maximum Gasteiger partial charge on any atom is 0.411 e. The third-order valence-corrected chi connectivity index (χ3v) is 3.16. The van der Waals surface area contributed by atoms with E-state index in [0.29, 0.717) is 6.54 Å². The second kappa shape index (κ2) is 5.21. The standard InChI is InChI=1S/C15H22N2O2/c1-15(2,3)19-14(18)17-10-11-7-5-6-8-12(11)13(17)9-16-4/h5-8,13,16H,9-10H2,1-4H3. The fourth-order valence-electron chi connectivity index (χ4n) is 2.39. The topological polar surface area (TPSA) is 41.6 Å². The molecule has 0 bridgehead atoms. The summed E-state index contributed by atoms with van der Waals surface area (Å²) in [6, 6.07) is 8.23. The molecule has 1 unspecified atom stereocenters. The van der Waals surface area contributed by atoms with Crippen LogP contribution in [0.5, 0.6) is 0 Å². The minimum atomic E-state index is -0.462. The van der Waals surface area contributed by atoms with Crippen LogP contribution < -0.4 is 5.32 Å². The summed E-state index contributed by atoms with van der Waals surface area (Å²) < 4.78 is 5.49. The molecule has 1 aromatic carbocycles. The second-order valence-corrected chi connectivity index (χ2v) is 5.88. The Kier molecular flexibility index (Phi) is 3.80. The number of hydrogen-bond donors (Lipinski definition) is 1. The Bertz CT molecular complexity index is 465. The molecular weight excluding hydrogens is 240 g/mol. The van der Waals surface area contributed by atoms with Crippen molar-refractivity contribution in [1.82, 2.24) is 10.2 Å². The molecule has 0 saturated heterocycles. The molecular formula is C15H22N2O2. The maximum absolute atomic E-state index is 12.3. The minimum absolute atomic E-state index is 0.0519. The van der Waals surface area contributed by atoms with Gasteiger partial charge in [0.15, 0.2) is 0 Å². The molecule has 0 radical (unpaired) electrons. The summed E-state index contributed by atoms with van der Waals surface area (Å²) >= 11 is 0. The number of benzene rings is 1. The first-order valence-corrected chi connectivity index (χ1v) is 6.64. The van der Waals surface area contributed by atoms with Crippen LogP contribution in [0.25, 0.3) is 0 Å². The van der Waals surface area contributed by atoms with Crippen molar-refractivity contribution in [2.75, 3.05) is 13.6 Å². The van der Waals surface area contributed by atoms with Gasteiger partial charge in [-0.3, -0.25) is 4.90 Å². The smallest absolute Gasteiger partial charge is 0.411 e. The van der Waals surface area contributed by atoms with Crippen LogP contribution in [0.3, 0.4) is 0 Å². The molecule has 4 heteroatoms. The number of ether oxygens (including phenoxy) is 1. The van der Waals surface area contributed by atoms with E-state index in [-0.39, 0.29) is 12.1 Å². The Labute approximate surface area is 114 Å². The van der Waals surface area contributed by atoms with Crippen LogP contribution in [0.15, 0.2) is 24.3 Å². The second-order valence-electron chi connectivity index (χ2n) is 5.88. The first kappa shape index (κ1) is 13.9. The molecule has 4 nitrogen and oxygen atoms in total. The van der Waals surface area contributed by atoms with E-state index < -0.39 is 5.60 Å². The van der Waals surface area contributed by atoms with Crippen LogP contribution in [0.1, 0.15) is 37.9 Å². The van der Waals surface area contributed by atoms with Gasteiger partial charge >= 0.3 is 6.09 Å². The van der Waals surface area contributed by atoms with Crippen molar-refractivity contribution in [1.29, 1.82) is 0 Å². The summed E-state index contributed by atoms with van der Waals surface area (Å²) in [7, 11) is 1.90. The quantitative estimate of drug-likeness (QED) is 0.891. The highest BCUT2D eigenvalue weighted by Crippen LogP contribution is 2.34. The normalized spacial score (nSPS) is 18.3. The summed E-state index contributed by atoms with van der Waals surface area (Å²) in [5.41, 5.74) is 1.95. The third kappa shape index (κ3) is 3.07. The molecule has 19 heavy (non-hydrogen) atoms. The van der Waals surface area contributed by atoms with Crippen molar-refractivity contribution in [2.24, 2.45) is 0 Å². The highest BCUT2D eigenvalue weighted by molar-refractivity contribution is 5.70. The minimum Gasteiger partial charge on any atom is -0.444 e. The fraction of sp³-hybridized carbons (Fsp3) is 0.533. The van der Waals surface area contributed by atoms with E-state index in [2.05, 4.69) is 17.4 Å². The summed E-state index contributed by atoms with van der Waals surface area (Å²) in [5, 5.41) is 3.15. The van der Waals surface area contributed by atoms with E-state index >= 15 is 0 Å². The lowest BCUT2D eigenvalue weighted by molar-refractivity contribution is 0.0173. The van der Waals surface area contributed by atoms with Crippen molar-refractivity contribution in [3.63, 3.8) is 0 Å². The van der Waals surface area contributed by atoms with E-state index in [1.165, 1.54) is 11.1 Å². The van der Waals surface area contributed by atoms with Crippen LogP contribution in [0.2, 0.25) is 0 Å². The van der Waals surface area contributed by atoms with Crippen molar-refractivity contribution >= 4 is 6.09 Å². The first-order chi connectivity index (χ1) is 8.92. The van der Waals surface area contributed by atoms with Crippen molar-refractivity contribution in [2.45, 2.75) is 39.0 Å². The number of rotatable bonds is 2. The highest BCUT2D eigenvalue weighted by Gasteiger charge is 2.35. The Hall–Kier alpha value is -1.55. The Morgan fingerprint density at radius 3 is 2.74 bits per heavy atom. The molecule has 0 spiro atoms. The first-order valence-electron chi connectivity index (χ1n) is 6.64. The lowest BCUT2D eigenvalue weighted by atomic mass is 10.1. The van der Waals surface area contributed by atoms with Gasteiger partial charge in [0.2, 0.25) is 0 Å². The van der Waals surface area contributed by atoms with Gasteiger partial charge in [0.25, 0.3) is 0 Å². The zero-order valence-electron chi connectivity index (χ0n) is 12.1. The molecule has 0 saturated carbocycles. The molecule has 2 rings (SSSR count). The van der Waals surface area contributed by atoms with Crippen LogP contribution in [-0.4, -0.2) is 30.2 Å². The molecule has 104 valence electrons. The highest BCUT2D eigenvalue weighted by atomic mass is 16.6. The summed E-state index contributed by atoms with van der Waals surface area (Å²) in [5.74, 6) is 0. The molecule has 1 heterocycles. The number of nitrogens with zero attached hydrogens (tertiary/aromatic N) is 1. The maximum atomic E-state index is 12.3. The number of hydrogen-bond acceptors (Lipinski definition) is 3. The number of carbonyl (C=O) groups excluding carboxylic acids is 1. The van der Waals surface area contributed by atoms with Crippen molar-refractivity contribution in [3.05, 3.63) is 35.4 Å². The molecule has 1 aromatic rings. The lowest BCUT2D eigenvalue weighted by Crippen LogP contribution is -2.38. The van der Waals surface area contributed by atoms with Gasteiger partial charge in [-0.15, -0.1) is 0 Å². The van der Waals surface area contributed by atoms with Gasteiger partial charge in [-0.2, -0.15) is 0 Å². The van der Waals surface area contributed by atoms with Gasteiger partial charge in [-0.05, 0) is 38.9 Å². The molecule has 1 aliphatic rings. The number of carbonyl (C=O) groups is 1. The van der Waals surface area contributed by atoms with Crippen LogP contribution in [0.4, 0.5) is 4.79 Å². The Morgan fingerprint density at radius 2 is 2.11 bits per heavy atom. The lowest BCUT2D eigenvalue weighted by Gasteiger charge is -2.28. The number of nitrogens with one attached hydrogen (secondary N) is 1. The Morgan fingerprint density at radius 1 is 1.42 bits per heavy atom. The molecule has 1 atom stereocenters. The zero-order valence-corrected chi connectivity index (χ0v) is 12.1. The molecule has 1 aliphatic heterocycles. The van der Waals surface area contributed by atoms with Gasteiger partial charge in [0.1, 0.15) is 5.60 Å². The molecule has 0 aliphatic carbocycles. The number of likely N-dealkylation sites (N-methyl/N-ethyl adjacent to an activating group) is 1. The summed E-state index contributed by atoms with van der Waals surface area (Å²) in [6.45, 7) is 7.03. The van der Waals surface area contributed by atoms with Gasteiger partial charge in [0.05, 0.1) is 12.6 Å². The van der Waals surface area contributed by atoms with E-state index in [1.54, 1.807) is 4.90 Å². The molecule has 0 aromatic heterocycles. The van der Waals surface area contributed by atoms with Gasteiger partial charge in [-0.25, -0.2) is 4.79 Å². The van der Waals surface area contributed by atoms with E-state index in [1.807, 2.05) is 40.0 Å². The molecule has 1 amide bonds. The molecule has 0 fully saturated rings. The van der Waals surface area contributed by atoms with E-state index in [4.69, 9.17) is 4.74 Å². The predicted octanol–water partition coefficient (Wildman–Crippen LogP) is 2.70. The van der Waals surface area contributed by atoms with Crippen molar-refractivity contribution < 1.29 is 9.53 Å².